The van der Waals surface area contributed by atoms with Crippen LogP contribution in [0.4, 0.5) is 0 Å². The zero-order valence-corrected chi connectivity index (χ0v) is 7.62. The predicted molar refractivity (Wildman–Crippen MR) is 24.1 cm³/mol. The third-order valence-electron chi connectivity index (χ3n) is 1.19. The minimum absolute atomic E-state index is 0. The molecule has 1 atom stereocenters. The van der Waals surface area contributed by atoms with Gasteiger partial charge in [0.05, 0.1) is 13.0 Å². The predicted octanol–water partition coefficient (Wildman–Crippen LogP) is -4.70. The molecule has 1 aliphatic rings. The Kier molecular flexibility index (Phi) is 3.93. The monoisotopic (exact) mass is 152 g/mol. The fraction of sp³-hybridized carbons (Fsp3) is 0.600. The largest absolute Gasteiger partial charge is 1.00 e. The number of cyclic esters (lactones) is 1. The Morgan fingerprint density at radius 2 is 2.30 bits per heavy atom. The number of hydrogen-bond donors (Lipinski definition) is 0. The molecule has 0 amide bonds. The number of esters is 1. The Morgan fingerprint density at radius 3 is 2.50 bits per heavy atom. The van der Waals surface area contributed by atoms with Gasteiger partial charge < -0.3 is 14.6 Å². The van der Waals surface area contributed by atoms with E-state index < -0.39 is 17.9 Å². The number of aliphatic carboxylic acids is 1. The van der Waals surface area contributed by atoms with Crippen molar-refractivity contribution in [1.29, 1.82) is 0 Å². The zero-order valence-electron chi connectivity index (χ0n) is 5.62. The molecule has 5 heteroatoms. The van der Waals surface area contributed by atoms with Gasteiger partial charge in [-0.2, -0.15) is 0 Å². The van der Waals surface area contributed by atoms with E-state index in [1.165, 1.54) is 0 Å². The van der Waals surface area contributed by atoms with Crippen molar-refractivity contribution in [1.82, 2.24) is 0 Å². The number of carbonyl (C=O) groups excluding carboxylic acids is 2. The SMILES string of the molecule is O=C1C[C@@H](C(=O)[O-])CO1.[Na+]. The maximum absolute atomic E-state index is 10.2. The standard InChI is InChI=1S/C5H6O4.Na/c6-4-1-3(2-9-4)5(7)8;/h3H,1-2H2,(H,7,8);/q;+1/p-1/t3-;/m1./s1. The molecule has 0 aliphatic carbocycles. The van der Waals surface area contributed by atoms with E-state index in [0.29, 0.717) is 0 Å². The Labute approximate surface area is 79.8 Å². The molecule has 0 radical (unpaired) electrons. The number of ether oxygens (including phenoxy) is 1. The van der Waals surface area contributed by atoms with E-state index >= 15 is 0 Å². The Balaban J connectivity index is 0.000000810. The van der Waals surface area contributed by atoms with Crippen LogP contribution < -0.4 is 34.7 Å². The van der Waals surface area contributed by atoms with Gasteiger partial charge in [0, 0.05) is 11.9 Å². The van der Waals surface area contributed by atoms with Crippen LogP contribution in [0.5, 0.6) is 0 Å². The van der Waals surface area contributed by atoms with Gasteiger partial charge in [0.25, 0.3) is 0 Å². The van der Waals surface area contributed by atoms with Crippen LogP contribution in [0.3, 0.4) is 0 Å². The Bertz CT molecular complexity index is 156. The quantitative estimate of drug-likeness (QED) is 0.280. The zero-order chi connectivity index (χ0) is 6.85. The molecule has 1 aliphatic heterocycles. The van der Waals surface area contributed by atoms with Crippen LogP contribution in [0.2, 0.25) is 0 Å². The van der Waals surface area contributed by atoms with Crippen molar-refractivity contribution >= 4 is 11.9 Å². The average molecular weight is 152 g/mol. The number of rotatable bonds is 1. The molecule has 1 fully saturated rings. The molecular formula is C5H5NaO4. The van der Waals surface area contributed by atoms with Crippen LogP contribution in [0.1, 0.15) is 6.42 Å². The summed E-state index contributed by atoms with van der Waals surface area (Å²) in [5.74, 6) is -2.39. The van der Waals surface area contributed by atoms with Crippen LogP contribution in [-0.4, -0.2) is 18.5 Å². The van der Waals surface area contributed by atoms with E-state index in [1.807, 2.05) is 0 Å². The van der Waals surface area contributed by atoms with Crippen molar-refractivity contribution in [2.45, 2.75) is 6.42 Å². The minimum Gasteiger partial charge on any atom is -0.550 e. The fourth-order valence-electron chi connectivity index (χ4n) is 0.664. The molecule has 0 aromatic rings. The summed E-state index contributed by atoms with van der Waals surface area (Å²) in [6.07, 6.45) is -0.0394. The minimum atomic E-state index is -1.21. The van der Waals surface area contributed by atoms with Crippen molar-refractivity contribution in [3.8, 4) is 0 Å². The average Bonchev–Trinajstić information content (AvgIpc) is 2.14. The van der Waals surface area contributed by atoms with Crippen LogP contribution in [0.25, 0.3) is 0 Å². The van der Waals surface area contributed by atoms with E-state index in [9.17, 15) is 14.7 Å². The van der Waals surface area contributed by atoms with Gasteiger partial charge in [-0.1, -0.05) is 0 Å². The molecule has 0 unspecified atom stereocenters. The molecule has 0 N–H and O–H groups in total. The first-order valence-corrected chi connectivity index (χ1v) is 2.56. The molecule has 0 aromatic carbocycles. The topological polar surface area (TPSA) is 66.4 Å². The second-order valence-electron chi connectivity index (χ2n) is 1.90. The van der Waals surface area contributed by atoms with Gasteiger partial charge in [0.2, 0.25) is 0 Å². The maximum atomic E-state index is 10.2. The summed E-state index contributed by atoms with van der Waals surface area (Å²) in [4.78, 5) is 20.2. The van der Waals surface area contributed by atoms with Crippen molar-refractivity contribution in [2.75, 3.05) is 6.61 Å². The second-order valence-corrected chi connectivity index (χ2v) is 1.90. The first kappa shape index (κ1) is 9.94. The Hall–Kier alpha value is -0.0600. The summed E-state index contributed by atoms with van der Waals surface area (Å²) in [6, 6.07) is 0. The van der Waals surface area contributed by atoms with E-state index in [4.69, 9.17) is 0 Å². The summed E-state index contributed by atoms with van der Waals surface area (Å²) in [6.45, 7) is -0.0266. The van der Waals surface area contributed by atoms with Gasteiger partial charge in [0.15, 0.2) is 0 Å². The molecule has 1 heterocycles. The number of carboxylic acids is 1. The molecule has 1 saturated heterocycles. The van der Waals surface area contributed by atoms with Gasteiger partial charge in [0.1, 0.15) is 0 Å². The van der Waals surface area contributed by atoms with Crippen LogP contribution in [-0.2, 0) is 14.3 Å². The molecule has 1 rings (SSSR count). The maximum Gasteiger partial charge on any atom is 1.00 e. The summed E-state index contributed by atoms with van der Waals surface area (Å²) >= 11 is 0. The molecule has 0 saturated carbocycles. The van der Waals surface area contributed by atoms with Crippen LogP contribution in [0.15, 0.2) is 0 Å². The van der Waals surface area contributed by atoms with E-state index in [-0.39, 0.29) is 42.6 Å². The third-order valence-corrected chi connectivity index (χ3v) is 1.19. The van der Waals surface area contributed by atoms with Crippen molar-refractivity contribution in [3.05, 3.63) is 0 Å². The van der Waals surface area contributed by atoms with E-state index in [2.05, 4.69) is 4.74 Å². The smallest absolute Gasteiger partial charge is 0.550 e. The molecule has 0 spiro atoms. The molecule has 0 bridgehead atoms. The summed E-state index contributed by atoms with van der Waals surface area (Å²) in [5, 5.41) is 10.0. The molecule has 10 heavy (non-hydrogen) atoms. The first-order chi connectivity index (χ1) is 4.20. The third kappa shape index (κ3) is 2.28. The van der Waals surface area contributed by atoms with Gasteiger partial charge in [-0.15, -0.1) is 0 Å². The summed E-state index contributed by atoms with van der Waals surface area (Å²) < 4.78 is 4.37. The number of carbonyl (C=O) groups is 2. The van der Waals surface area contributed by atoms with Gasteiger partial charge in [-0.25, -0.2) is 0 Å². The van der Waals surface area contributed by atoms with Crippen LogP contribution >= 0.6 is 0 Å². The fourth-order valence-corrected chi connectivity index (χ4v) is 0.664. The number of carboxylic acid groups (broad SMARTS) is 1. The van der Waals surface area contributed by atoms with Crippen molar-refractivity contribution < 1.29 is 49.0 Å². The Morgan fingerprint density at radius 1 is 1.70 bits per heavy atom. The normalized spacial score (nSPS) is 23.2. The van der Waals surface area contributed by atoms with Crippen molar-refractivity contribution in [3.63, 3.8) is 0 Å². The van der Waals surface area contributed by atoms with Crippen LogP contribution in [0, 0.1) is 5.92 Å². The molecule has 0 aromatic heterocycles. The van der Waals surface area contributed by atoms with Crippen molar-refractivity contribution in [2.24, 2.45) is 5.92 Å². The molecular weight excluding hydrogens is 147 g/mol. The van der Waals surface area contributed by atoms with Gasteiger partial charge in [-0.05, 0) is 0 Å². The number of hydrogen-bond acceptors (Lipinski definition) is 4. The van der Waals surface area contributed by atoms with E-state index in [1.54, 1.807) is 0 Å². The van der Waals surface area contributed by atoms with E-state index in [0.717, 1.165) is 0 Å². The molecule has 50 valence electrons. The summed E-state index contributed by atoms with van der Waals surface area (Å²) in [5.41, 5.74) is 0. The van der Waals surface area contributed by atoms with Gasteiger partial charge >= 0.3 is 35.5 Å². The summed E-state index contributed by atoms with van der Waals surface area (Å²) in [7, 11) is 0. The molecule has 4 nitrogen and oxygen atoms in total. The second kappa shape index (κ2) is 3.95. The first-order valence-electron chi connectivity index (χ1n) is 2.56. The van der Waals surface area contributed by atoms with Gasteiger partial charge in [-0.3, -0.25) is 4.79 Å².